The molecule has 0 amide bonds. The molecule has 0 fully saturated rings. The van der Waals surface area contributed by atoms with Crippen molar-refractivity contribution in [2.45, 2.75) is 24.4 Å². The molecule has 2 N–H and O–H groups in total. The van der Waals surface area contributed by atoms with Crippen LogP contribution in [0.3, 0.4) is 0 Å². The van der Waals surface area contributed by atoms with Crippen molar-refractivity contribution < 1.29 is 8.42 Å². The molecule has 2 aromatic carbocycles. The van der Waals surface area contributed by atoms with Crippen molar-refractivity contribution in [1.29, 1.82) is 0 Å². The van der Waals surface area contributed by atoms with Crippen LogP contribution in [0.2, 0.25) is 0 Å². The molecule has 4 rings (SSSR count). The fraction of sp³-hybridized carbons (Fsp3) is 0.250. The van der Waals surface area contributed by atoms with E-state index in [1.165, 1.54) is 7.05 Å². The van der Waals surface area contributed by atoms with Crippen LogP contribution < -0.4 is 4.72 Å². The Bertz CT molecular complexity index is 1040. The molecule has 2 heterocycles. The predicted octanol–water partition coefficient (Wildman–Crippen LogP) is 2.54. The van der Waals surface area contributed by atoms with E-state index in [0.717, 1.165) is 47.8 Å². The summed E-state index contributed by atoms with van der Waals surface area (Å²) in [6.45, 7) is 2.29. The second-order valence-corrected chi connectivity index (χ2v) is 8.54. The number of aromatic nitrogens is 2. The van der Waals surface area contributed by atoms with Crippen molar-refractivity contribution in [3.05, 3.63) is 71.5 Å². The molecule has 0 spiro atoms. The van der Waals surface area contributed by atoms with Gasteiger partial charge in [0.1, 0.15) is 5.82 Å². The Morgan fingerprint density at radius 3 is 2.74 bits per heavy atom. The van der Waals surface area contributed by atoms with Gasteiger partial charge in [0.15, 0.2) is 0 Å². The Kier molecular flexibility index (Phi) is 4.82. The molecule has 3 aromatic rings. The maximum Gasteiger partial charge on any atom is 0.240 e. The largest absolute Gasteiger partial charge is 0.341 e. The van der Waals surface area contributed by atoms with E-state index in [9.17, 15) is 8.42 Å². The maximum atomic E-state index is 12.2. The van der Waals surface area contributed by atoms with Crippen molar-refractivity contribution in [2.75, 3.05) is 13.6 Å². The van der Waals surface area contributed by atoms with Gasteiger partial charge in [0.05, 0.1) is 4.90 Å². The normalized spacial score (nSPS) is 14.9. The smallest absolute Gasteiger partial charge is 0.240 e. The molecule has 0 unspecified atom stereocenters. The number of sulfonamides is 1. The average molecular weight is 382 g/mol. The number of H-pyrrole nitrogens is 1. The van der Waals surface area contributed by atoms with Crippen LogP contribution in [0.15, 0.2) is 59.6 Å². The van der Waals surface area contributed by atoms with Crippen molar-refractivity contribution in [3.8, 4) is 11.4 Å². The van der Waals surface area contributed by atoms with Gasteiger partial charge in [-0.25, -0.2) is 18.1 Å². The predicted molar refractivity (Wildman–Crippen MR) is 105 cm³/mol. The van der Waals surface area contributed by atoms with Crippen molar-refractivity contribution in [3.63, 3.8) is 0 Å². The van der Waals surface area contributed by atoms with E-state index in [1.807, 2.05) is 48.7 Å². The van der Waals surface area contributed by atoms with Crippen LogP contribution in [-0.4, -0.2) is 36.9 Å². The van der Waals surface area contributed by atoms with E-state index in [-0.39, 0.29) is 0 Å². The summed E-state index contributed by atoms with van der Waals surface area (Å²) in [6.07, 6.45) is 2.59. The summed E-state index contributed by atoms with van der Waals surface area (Å²) < 4.78 is 26.9. The topological polar surface area (TPSA) is 78.1 Å². The first-order valence-corrected chi connectivity index (χ1v) is 10.4. The minimum atomic E-state index is -3.43. The summed E-state index contributed by atoms with van der Waals surface area (Å²) in [6, 6.07) is 15.6. The maximum absolute atomic E-state index is 12.2. The molecule has 0 saturated heterocycles. The van der Waals surface area contributed by atoms with Crippen molar-refractivity contribution in [2.24, 2.45) is 0 Å². The minimum absolute atomic E-state index is 0.398. The molecule has 0 bridgehead atoms. The zero-order chi connectivity index (χ0) is 18.9. The molecule has 140 valence electrons. The fourth-order valence-corrected chi connectivity index (χ4v) is 4.59. The molecular weight excluding hydrogens is 360 g/mol. The summed E-state index contributed by atoms with van der Waals surface area (Å²) >= 11 is 0. The van der Waals surface area contributed by atoms with Gasteiger partial charge in [-0.05, 0) is 30.7 Å². The molecule has 0 saturated carbocycles. The first-order chi connectivity index (χ1) is 13.1. The lowest BCUT2D eigenvalue weighted by Crippen LogP contribution is -2.32. The van der Waals surface area contributed by atoms with Crippen molar-refractivity contribution in [1.82, 2.24) is 19.6 Å². The van der Waals surface area contributed by atoms with Gasteiger partial charge < -0.3 is 4.98 Å². The number of imidazole rings is 1. The highest BCUT2D eigenvalue weighted by atomic mass is 32.2. The van der Waals surface area contributed by atoms with E-state index >= 15 is 0 Å². The van der Waals surface area contributed by atoms with Crippen LogP contribution in [0.1, 0.15) is 16.8 Å². The minimum Gasteiger partial charge on any atom is -0.341 e. The lowest BCUT2D eigenvalue weighted by molar-refractivity contribution is 0.241. The number of nitrogens with one attached hydrogen (secondary N) is 2. The van der Waals surface area contributed by atoms with Crippen LogP contribution in [0.25, 0.3) is 11.4 Å². The zero-order valence-corrected chi connectivity index (χ0v) is 16.0. The van der Waals surface area contributed by atoms with Gasteiger partial charge in [0.2, 0.25) is 10.0 Å². The van der Waals surface area contributed by atoms with Gasteiger partial charge in [-0.2, -0.15) is 0 Å². The van der Waals surface area contributed by atoms with Gasteiger partial charge in [-0.3, -0.25) is 4.90 Å². The summed E-state index contributed by atoms with van der Waals surface area (Å²) in [5, 5.41) is 0. The molecular formula is C20H22N4O2S. The van der Waals surface area contributed by atoms with Gasteiger partial charge in [-0.1, -0.05) is 42.5 Å². The average Bonchev–Trinajstić information content (AvgIpc) is 3.16. The summed E-state index contributed by atoms with van der Waals surface area (Å²) in [5.74, 6) is 0.866. The van der Waals surface area contributed by atoms with Crippen LogP contribution in [0.4, 0.5) is 0 Å². The molecule has 1 aromatic heterocycles. The second kappa shape index (κ2) is 7.26. The highest BCUT2D eigenvalue weighted by Crippen LogP contribution is 2.26. The molecule has 7 heteroatoms. The molecule has 0 aliphatic carbocycles. The molecule has 27 heavy (non-hydrogen) atoms. The van der Waals surface area contributed by atoms with Crippen molar-refractivity contribution >= 4 is 10.0 Å². The molecule has 1 aliphatic rings. The van der Waals surface area contributed by atoms with Gasteiger partial charge in [0.25, 0.3) is 0 Å². The monoisotopic (exact) mass is 382 g/mol. The summed E-state index contributed by atoms with van der Waals surface area (Å²) in [5.41, 5.74) is 4.11. The number of hydrogen-bond donors (Lipinski definition) is 2. The van der Waals surface area contributed by atoms with Crippen LogP contribution in [-0.2, 0) is 29.5 Å². The van der Waals surface area contributed by atoms with E-state index < -0.39 is 10.0 Å². The zero-order valence-electron chi connectivity index (χ0n) is 15.1. The Labute approximate surface area is 159 Å². The lowest BCUT2D eigenvalue weighted by Gasteiger charge is -2.29. The Morgan fingerprint density at radius 1 is 1.15 bits per heavy atom. The summed E-state index contributed by atoms with van der Waals surface area (Å²) in [4.78, 5) is 10.6. The van der Waals surface area contributed by atoms with Crippen LogP contribution in [0.5, 0.6) is 0 Å². The number of nitrogens with zero attached hydrogens (tertiary/aromatic N) is 2. The first kappa shape index (κ1) is 17.9. The number of hydrogen-bond acceptors (Lipinski definition) is 4. The standard InChI is InChI=1S/C20H22N4O2S/c1-21-27(25,26)19-9-5-8-16-13-24(11-10-18(16)19)14-17-12-22-20(23-17)15-6-3-2-4-7-15/h2-9,12,21H,10-11,13-14H2,1H3,(H,22,23). The van der Waals surface area contributed by atoms with E-state index in [4.69, 9.17) is 0 Å². The van der Waals surface area contributed by atoms with Gasteiger partial charge in [-0.15, -0.1) is 0 Å². The molecule has 1 aliphatic heterocycles. The molecule has 0 atom stereocenters. The highest BCUT2D eigenvalue weighted by molar-refractivity contribution is 7.89. The van der Waals surface area contributed by atoms with Gasteiger partial charge in [0, 0.05) is 37.1 Å². The third kappa shape index (κ3) is 3.66. The quantitative estimate of drug-likeness (QED) is 0.711. The third-order valence-electron chi connectivity index (χ3n) is 4.93. The van der Waals surface area contributed by atoms with Gasteiger partial charge >= 0.3 is 0 Å². The Hall–Kier alpha value is -2.48. The van der Waals surface area contributed by atoms with E-state index in [0.29, 0.717) is 11.3 Å². The SMILES string of the molecule is CNS(=O)(=O)c1cccc2c1CCN(Cc1cnc(-c3ccccc3)[nH]1)C2. The summed E-state index contributed by atoms with van der Waals surface area (Å²) in [7, 11) is -1.98. The van der Waals surface area contributed by atoms with E-state index in [1.54, 1.807) is 6.07 Å². The first-order valence-electron chi connectivity index (χ1n) is 8.93. The molecule has 0 radical (unpaired) electrons. The van der Waals surface area contributed by atoms with Crippen LogP contribution >= 0.6 is 0 Å². The third-order valence-corrected chi connectivity index (χ3v) is 6.43. The number of benzene rings is 2. The number of rotatable bonds is 5. The molecule has 6 nitrogen and oxygen atoms in total. The second-order valence-electron chi connectivity index (χ2n) is 6.69. The Morgan fingerprint density at radius 2 is 1.96 bits per heavy atom. The highest BCUT2D eigenvalue weighted by Gasteiger charge is 2.24. The van der Waals surface area contributed by atoms with Crippen LogP contribution in [0, 0.1) is 0 Å². The number of aromatic amines is 1. The lowest BCUT2D eigenvalue weighted by atomic mass is 9.99. The number of fused-ring (bicyclic) bond motifs is 1. The fourth-order valence-electron chi connectivity index (χ4n) is 3.55. The van der Waals surface area contributed by atoms with E-state index in [2.05, 4.69) is 19.6 Å². The Balaban J connectivity index is 1.51.